The van der Waals surface area contributed by atoms with Gasteiger partial charge < -0.3 is 9.84 Å². The molecule has 0 atom stereocenters. The quantitative estimate of drug-likeness (QED) is 0.794. The first kappa shape index (κ1) is 15.4. The van der Waals surface area contributed by atoms with Gasteiger partial charge in [0.15, 0.2) is 0 Å². The van der Waals surface area contributed by atoms with Crippen LogP contribution >= 0.6 is 0 Å². The number of benzene rings is 1. The Balaban J connectivity index is 1.94. The van der Waals surface area contributed by atoms with Crippen molar-refractivity contribution < 1.29 is 9.84 Å². The predicted molar refractivity (Wildman–Crippen MR) is 85.0 cm³/mol. The van der Waals surface area contributed by atoms with Crippen molar-refractivity contribution in [3.8, 4) is 0 Å². The van der Waals surface area contributed by atoms with Crippen LogP contribution in [0.2, 0.25) is 0 Å². The summed E-state index contributed by atoms with van der Waals surface area (Å²) in [4.78, 5) is 4.13. The summed E-state index contributed by atoms with van der Waals surface area (Å²) < 4.78 is 5.29. The molecule has 0 bridgehead atoms. The zero-order chi connectivity index (χ0) is 14.9. The fourth-order valence-electron chi connectivity index (χ4n) is 2.09. The summed E-state index contributed by atoms with van der Waals surface area (Å²) in [6.07, 6.45) is 6.69. The minimum Gasteiger partial charge on any atom is -0.394 e. The molecule has 0 amide bonds. The molecule has 0 aliphatic carbocycles. The third-order valence-electron chi connectivity index (χ3n) is 3.09. The molecule has 2 aromatic rings. The van der Waals surface area contributed by atoms with Crippen molar-refractivity contribution in [1.29, 1.82) is 0 Å². The van der Waals surface area contributed by atoms with E-state index in [9.17, 15) is 0 Å². The Hall–Kier alpha value is -1.97. The lowest BCUT2D eigenvalue weighted by Gasteiger charge is -2.04. The Bertz CT molecular complexity index is 562. The Morgan fingerprint density at radius 1 is 1.19 bits per heavy atom. The Morgan fingerprint density at radius 3 is 2.67 bits per heavy atom. The van der Waals surface area contributed by atoms with E-state index in [1.54, 1.807) is 6.20 Å². The van der Waals surface area contributed by atoms with Crippen molar-refractivity contribution in [3.63, 3.8) is 0 Å². The second-order valence-electron chi connectivity index (χ2n) is 5.05. The predicted octanol–water partition coefficient (Wildman–Crippen LogP) is 3.08. The molecule has 3 nitrogen and oxygen atoms in total. The first-order valence-corrected chi connectivity index (χ1v) is 7.11. The number of pyridine rings is 1. The van der Waals surface area contributed by atoms with Crippen molar-refractivity contribution >= 4 is 6.08 Å². The summed E-state index contributed by atoms with van der Waals surface area (Å²) in [5.41, 5.74) is 4.79. The van der Waals surface area contributed by atoms with Crippen LogP contribution in [0.25, 0.3) is 6.08 Å². The van der Waals surface area contributed by atoms with E-state index in [1.165, 1.54) is 11.1 Å². The average Bonchev–Trinajstić information content (AvgIpc) is 2.51. The molecule has 2 rings (SSSR count). The van der Waals surface area contributed by atoms with Crippen LogP contribution in [0.5, 0.6) is 0 Å². The lowest BCUT2D eigenvalue weighted by Crippen LogP contribution is -2.01. The van der Waals surface area contributed by atoms with Gasteiger partial charge in [-0.05, 0) is 41.7 Å². The van der Waals surface area contributed by atoms with Gasteiger partial charge in [0, 0.05) is 12.4 Å². The molecule has 3 heteroatoms. The topological polar surface area (TPSA) is 42.4 Å². The van der Waals surface area contributed by atoms with Crippen LogP contribution in [0.1, 0.15) is 23.6 Å². The number of hydrogen-bond acceptors (Lipinski definition) is 3. The van der Waals surface area contributed by atoms with E-state index in [0.29, 0.717) is 13.2 Å². The van der Waals surface area contributed by atoms with Gasteiger partial charge in [-0.15, -0.1) is 0 Å². The molecule has 0 saturated carbocycles. The van der Waals surface area contributed by atoms with Crippen LogP contribution in [0.4, 0.5) is 0 Å². The monoisotopic (exact) mass is 283 g/mol. The smallest absolute Gasteiger partial charge is 0.0702 e. The molecule has 21 heavy (non-hydrogen) atoms. The number of aliphatic hydroxyl groups excluding tert-OH is 1. The van der Waals surface area contributed by atoms with Crippen LogP contribution in [0, 0.1) is 0 Å². The van der Waals surface area contributed by atoms with Gasteiger partial charge in [0.2, 0.25) is 0 Å². The zero-order valence-electron chi connectivity index (χ0n) is 12.3. The molecule has 1 aromatic carbocycles. The minimum atomic E-state index is 0.0658. The maximum absolute atomic E-state index is 8.67. The lowest BCUT2D eigenvalue weighted by atomic mass is 10.0. The Labute approximate surface area is 125 Å². The Morgan fingerprint density at radius 2 is 2.00 bits per heavy atom. The third-order valence-corrected chi connectivity index (χ3v) is 3.09. The second kappa shape index (κ2) is 8.35. The van der Waals surface area contributed by atoms with E-state index in [4.69, 9.17) is 9.84 Å². The maximum Gasteiger partial charge on any atom is 0.0702 e. The van der Waals surface area contributed by atoms with Gasteiger partial charge in [-0.25, -0.2) is 0 Å². The van der Waals surface area contributed by atoms with Crippen LogP contribution < -0.4 is 0 Å². The van der Waals surface area contributed by atoms with Crippen LogP contribution in [0.15, 0.2) is 54.4 Å². The molecule has 110 valence electrons. The molecule has 0 fully saturated rings. The van der Waals surface area contributed by atoms with E-state index < -0.39 is 0 Å². The van der Waals surface area contributed by atoms with Crippen molar-refractivity contribution in [3.05, 3.63) is 71.1 Å². The fraction of sp³-hybridized carbons (Fsp3) is 0.278. The van der Waals surface area contributed by atoms with E-state index in [0.717, 1.165) is 17.6 Å². The maximum atomic E-state index is 8.67. The van der Waals surface area contributed by atoms with Gasteiger partial charge in [-0.1, -0.05) is 36.4 Å². The summed E-state index contributed by atoms with van der Waals surface area (Å²) in [6, 6.07) is 12.6. The lowest BCUT2D eigenvalue weighted by molar-refractivity contribution is 0.108. The van der Waals surface area contributed by atoms with Crippen molar-refractivity contribution in [2.75, 3.05) is 19.8 Å². The third kappa shape index (κ3) is 5.50. The summed E-state index contributed by atoms with van der Waals surface area (Å²) in [5, 5.41) is 8.67. The highest BCUT2D eigenvalue weighted by Crippen LogP contribution is 2.12. The molecule has 0 saturated heterocycles. The largest absolute Gasteiger partial charge is 0.394 e. The molecule has 1 heterocycles. The average molecular weight is 283 g/mol. The molecule has 0 aliphatic heterocycles. The normalized spacial score (nSPS) is 11.6. The van der Waals surface area contributed by atoms with Gasteiger partial charge in [0.25, 0.3) is 0 Å². The molecule has 0 spiro atoms. The molecule has 1 N–H and O–H groups in total. The van der Waals surface area contributed by atoms with Gasteiger partial charge in [0.05, 0.1) is 19.8 Å². The van der Waals surface area contributed by atoms with Crippen molar-refractivity contribution in [2.24, 2.45) is 0 Å². The summed E-state index contributed by atoms with van der Waals surface area (Å²) in [5.74, 6) is 0. The van der Waals surface area contributed by atoms with Crippen LogP contribution in [-0.2, 0) is 11.2 Å². The van der Waals surface area contributed by atoms with Crippen molar-refractivity contribution in [1.82, 2.24) is 4.98 Å². The van der Waals surface area contributed by atoms with Gasteiger partial charge >= 0.3 is 0 Å². The number of hydrogen-bond donors (Lipinski definition) is 1. The van der Waals surface area contributed by atoms with E-state index in [-0.39, 0.29) is 6.61 Å². The fourth-order valence-corrected chi connectivity index (χ4v) is 2.09. The summed E-state index contributed by atoms with van der Waals surface area (Å²) in [7, 11) is 0. The van der Waals surface area contributed by atoms with Gasteiger partial charge in [-0.3, -0.25) is 4.98 Å². The first-order valence-electron chi connectivity index (χ1n) is 7.11. The van der Waals surface area contributed by atoms with Crippen LogP contribution in [-0.4, -0.2) is 29.9 Å². The summed E-state index contributed by atoms with van der Waals surface area (Å²) in [6.45, 7) is 3.03. The highest BCUT2D eigenvalue weighted by atomic mass is 16.5. The first-order chi connectivity index (χ1) is 10.3. The molecular formula is C18H21NO2. The molecule has 0 unspecified atom stereocenters. The second-order valence-corrected chi connectivity index (χ2v) is 5.05. The number of aliphatic hydroxyl groups is 1. The SMILES string of the molecule is C/C(=C\c1ccc(Cc2cccnc2)cc1)COCCO. The Kier molecular flexibility index (Phi) is 6.13. The minimum absolute atomic E-state index is 0.0658. The molecule has 0 aliphatic rings. The summed E-state index contributed by atoms with van der Waals surface area (Å²) >= 11 is 0. The van der Waals surface area contributed by atoms with Gasteiger partial charge in [0.1, 0.15) is 0 Å². The zero-order valence-corrected chi connectivity index (χ0v) is 12.3. The molecule has 0 radical (unpaired) electrons. The van der Waals surface area contributed by atoms with Crippen molar-refractivity contribution in [2.45, 2.75) is 13.3 Å². The van der Waals surface area contributed by atoms with E-state index >= 15 is 0 Å². The standard InChI is InChI=1S/C18H21NO2/c1-15(14-21-10-9-20)11-16-4-6-17(7-5-16)12-18-3-2-8-19-13-18/h2-8,11,13,20H,9-10,12,14H2,1H3/b15-11+. The van der Waals surface area contributed by atoms with Gasteiger partial charge in [-0.2, -0.15) is 0 Å². The highest BCUT2D eigenvalue weighted by molar-refractivity contribution is 5.53. The number of nitrogens with zero attached hydrogens (tertiary/aromatic N) is 1. The molecule has 1 aromatic heterocycles. The molecular weight excluding hydrogens is 262 g/mol. The number of ether oxygens (including phenoxy) is 1. The van der Waals surface area contributed by atoms with Crippen LogP contribution in [0.3, 0.4) is 0 Å². The highest BCUT2D eigenvalue weighted by Gasteiger charge is 1.97. The number of rotatable bonds is 7. The van der Waals surface area contributed by atoms with E-state index in [1.807, 2.05) is 19.2 Å². The van der Waals surface area contributed by atoms with E-state index in [2.05, 4.69) is 41.4 Å². The number of aromatic nitrogens is 1.